The molecule has 0 aromatic heterocycles. The maximum Gasteiger partial charge on any atom is 0.0540 e. The van der Waals surface area contributed by atoms with Crippen molar-refractivity contribution >= 4 is 17.1 Å². The molecule has 0 fully saturated rings. The fraction of sp³-hybridized carbons (Fsp3) is 0.0476. The van der Waals surface area contributed by atoms with Gasteiger partial charge in [-0.15, -0.1) is 0 Å². The first kappa shape index (κ1) is 38.9. The first-order valence-electron chi connectivity index (χ1n) is 22.3. The smallest absolute Gasteiger partial charge is 0.0540 e. The van der Waals surface area contributed by atoms with Crippen LogP contribution in [0.1, 0.15) is 25.0 Å². The number of nitrogens with zero attached hydrogens (tertiary/aromatic N) is 1. The van der Waals surface area contributed by atoms with Gasteiger partial charge in [0.25, 0.3) is 0 Å². The first-order chi connectivity index (χ1) is 31.5. The largest absolute Gasteiger partial charge is 0.309 e. The Morgan fingerprint density at radius 3 is 1.36 bits per heavy atom. The van der Waals surface area contributed by atoms with Crippen molar-refractivity contribution < 1.29 is 0 Å². The highest BCUT2D eigenvalue weighted by Gasteiger charge is 2.36. The van der Waals surface area contributed by atoms with Crippen molar-refractivity contribution in [2.75, 3.05) is 4.90 Å². The zero-order valence-corrected chi connectivity index (χ0v) is 36.1. The van der Waals surface area contributed by atoms with Gasteiger partial charge >= 0.3 is 0 Å². The van der Waals surface area contributed by atoms with Crippen LogP contribution in [0.4, 0.5) is 17.1 Å². The van der Waals surface area contributed by atoms with E-state index in [0.717, 1.165) is 33.8 Å². The molecule has 0 unspecified atom stereocenters. The Hall–Kier alpha value is -8.00. The van der Waals surface area contributed by atoms with Crippen molar-refractivity contribution in [3.8, 4) is 77.9 Å². The zero-order chi connectivity index (χ0) is 43.0. The van der Waals surface area contributed by atoms with Gasteiger partial charge in [0.15, 0.2) is 0 Å². The van der Waals surface area contributed by atoms with E-state index in [1.807, 2.05) is 0 Å². The molecule has 11 rings (SSSR count). The van der Waals surface area contributed by atoms with Gasteiger partial charge in [0.2, 0.25) is 0 Å². The predicted octanol–water partition coefficient (Wildman–Crippen LogP) is 17.5. The summed E-state index contributed by atoms with van der Waals surface area (Å²) in [4.78, 5) is 2.51. The molecule has 1 heteroatoms. The van der Waals surface area contributed by atoms with Gasteiger partial charge < -0.3 is 4.90 Å². The molecule has 10 aromatic carbocycles. The highest BCUT2D eigenvalue weighted by atomic mass is 15.1. The van der Waals surface area contributed by atoms with E-state index in [2.05, 4.69) is 267 Å². The molecule has 0 saturated carbocycles. The highest BCUT2D eigenvalue weighted by molar-refractivity contribution is 6.03. The van der Waals surface area contributed by atoms with Gasteiger partial charge in [0.1, 0.15) is 0 Å². The van der Waals surface area contributed by atoms with Crippen molar-refractivity contribution in [3.63, 3.8) is 0 Å². The quantitative estimate of drug-likeness (QED) is 0.140. The summed E-state index contributed by atoms with van der Waals surface area (Å²) in [6.45, 7) is 4.74. The van der Waals surface area contributed by atoms with Crippen molar-refractivity contribution in [1.29, 1.82) is 0 Å². The lowest BCUT2D eigenvalue weighted by Crippen LogP contribution is -2.17. The Bertz CT molecular complexity index is 3270. The van der Waals surface area contributed by atoms with Crippen molar-refractivity contribution in [1.82, 2.24) is 0 Å². The Kier molecular flexibility index (Phi) is 9.94. The second-order valence-electron chi connectivity index (χ2n) is 17.2. The average Bonchev–Trinajstić information content (AvgIpc) is 3.60. The van der Waals surface area contributed by atoms with Gasteiger partial charge in [-0.3, -0.25) is 0 Å². The van der Waals surface area contributed by atoms with E-state index in [-0.39, 0.29) is 5.41 Å². The molecule has 0 amide bonds. The lowest BCUT2D eigenvalue weighted by atomic mass is 9.82. The van der Waals surface area contributed by atoms with Crippen LogP contribution in [0.25, 0.3) is 77.9 Å². The van der Waals surface area contributed by atoms with Crippen LogP contribution in [0.2, 0.25) is 0 Å². The van der Waals surface area contributed by atoms with Crippen molar-refractivity contribution in [3.05, 3.63) is 260 Å². The Morgan fingerprint density at radius 2 is 0.688 bits per heavy atom. The summed E-state index contributed by atoms with van der Waals surface area (Å²) in [5, 5.41) is 0. The SMILES string of the molecule is CC1(C)c2ccccc2-c2ccc(N(c3ccccc3-c3ccc(-c4ccccc4)cc3)c3ccccc3-c3cccc(-c4ccccc4)c3-c3ccccc3-c3ccccc3)cc21. The monoisotopic (exact) mass is 817 g/mol. The molecule has 0 heterocycles. The zero-order valence-electron chi connectivity index (χ0n) is 36.1. The molecule has 0 bridgehead atoms. The second kappa shape index (κ2) is 16.4. The van der Waals surface area contributed by atoms with Gasteiger partial charge in [-0.2, -0.15) is 0 Å². The summed E-state index contributed by atoms with van der Waals surface area (Å²) in [5.41, 5.74) is 22.7. The minimum absolute atomic E-state index is 0.168. The lowest BCUT2D eigenvalue weighted by molar-refractivity contribution is 0.660. The normalized spacial score (nSPS) is 12.3. The fourth-order valence-corrected chi connectivity index (χ4v) is 10.0. The minimum atomic E-state index is -0.168. The van der Waals surface area contributed by atoms with Crippen LogP contribution in [0, 0.1) is 0 Å². The summed E-state index contributed by atoms with van der Waals surface area (Å²) in [5.74, 6) is 0. The van der Waals surface area contributed by atoms with Crippen LogP contribution < -0.4 is 4.90 Å². The number of benzene rings is 10. The summed E-state index contributed by atoms with van der Waals surface area (Å²) in [7, 11) is 0. The molecule has 304 valence electrons. The van der Waals surface area contributed by atoms with Crippen molar-refractivity contribution in [2.24, 2.45) is 0 Å². The molecular weight excluding hydrogens is 771 g/mol. The molecule has 10 aromatic rings. The van der Waals surface area contributed by atoms with E-state index in [1.54, 1.807) is 0 Å². The molecule has 0 radical (unpaired) electrons. The molecule has 0 spiro atoms. The number of hydrogen-bond acceptors (Lipinski definition) is 1. The van der Waals surface area contributed by atoms with E-state index in [9.17, 15) is 0 Å². The summed E-state index contributed by atoms with van der Waals surface area (Å²) < 4.78 is 0. The minimum Gasteiger partial charge on any atom is -0.309 e. The lowest BCUT2D eigenvalue weighted by Gasteiger charge is -2.32. The highest BCUT2D eigenvalue weighted by Crippen LogP contribution is 2.53. The van der Waals surface area contributed by atoms with Gasteiger partial charge in [-0.25, -0.2) is 0 Å². The van der Waals surface area contributed by atoms with E-state index in [1.165, 1.54) is 72.3 Å². The van der Waals surface area contributed by atoms with Crippen LogP contribution in [0.15, 0.2) is 249 Å². The Balaban J connectivity index is 1.17. The molecule has 0 aliphatic heterocycles. The number of hydrogen-bond donors (Lipinski definition) is 0. The summed E-state index contributed by atoms with van der Waals surface area (Å²) in [6.07, 6.45) is 0. The van der Waals surface area contributed by atoms with Gasteiger partial charge in [-0.05, 0) is 102 Å². The fourth-order valence-electron chi connectivity index (χ4n) is 10.0. The van der Waals surface area contributed by atoms with E-state index < -0.39 is 0 Å². The van der Waals surface area contributed by atoms with Crippen LogP contribution >= 0.6 is 0 Å². The Morgan fingerprint density at radius 1 is 0.266 bits per heavy atom. The third kappa shape index (κ3) is 6.83. The molecule has 1 aliphatic carbocycles. The first-order valence-corrected chi connectivity index (χ1v) is 22.3. The molecular formula is C63H47N. The number of fused-ring (bicyclic) bond motifs is 3. The maximum atomic E-state index is 2.51. The average molecular weight is 818 g/mol. The summed E-state index contributed by atoms with van der Waals surface area (Å²) in [6, 6.07) is 91.0. The van der Waals surface area contributed by atoms with Gasteiger partial charge in [0.05, 0.1) is 11.4 Å². The number of rotatable bonds is 9. The molecule has 0 atom stereocenters. The van der Waals surface area contributed by atoms with E-state index >= 15 is 0 Å². The van der Waals surface area contributed by atoms with Crippen LogP contribution in [-0.4, -0.2) is 0 Å². The molecule has 0 N–H and O–H groups in total. The standard InChI is InChI=1S/C63H47N/c1-63(2)58-34-17-14-29-53(58)54-42-41-49(43-59(54)63)64(60-35-18-15-28-51(60)48-39-37-45(38-40-48)44-21-6-3-7-22-44)61-36-19-16-30-55(61)57-33-20-32-52(47-25-10-5-11-26-47)62(57)56-31-13-12-27-50(56)46-23-8-4-9-24-46/h3-43H,1-2H3. The van der Waals surface area contributed by atoms with Crippen molar-refractivity contribution in [2.45, 2.75) is 19.3 Å². The number of anilines is 3. The number of para-hydroxylation sites is 2. The third-order valence-corrected chi connectivity index (χ3v) is 13.1. The van der Waals surface area contributed by atoms with Crippen LogP contribution in [0.3, 0.4) is 0 Å². The Labute approximate surface area is 377 Å². The molecule has 64 heavy (non-hydrogen) atoms. The second-order valence-corrected chi connectivity index (χ2v) is 17.2. The van der Waals surface area contributed by atoms with E-state index in [0.29, 0.717) is 0 Å². The third-order valence-electron chi connectivity index (χ3n) is 13.1. The maximum absolute atomic E-state index is 2.51. The predicted molar refractivity (Wildman–Crippen MR) is 271 cm³/mol. The molecule has 0 saturated heterocycles. The molecule has 1 nitrogen and oxygen atoms in total. The van der Waals surface area contributed by atoms with Crippen LogP contribution in [0.5, 0.6) is 0 Å². The van der Waals surface area contributed by atoms with E-state index in [4.69, 9.17) is 0 Å². The molecule has 1 aliphatic rings. The van der Waals surface area contributed by atoms with Gasteiger partial charge in [-0.1, -0.05) is 238 Å². The summed E-state index contributed by atoms with van der Waals surface area (Å²) >= 11 is 0. The van der Waals surface area contributed by atoms with Gasteiger partial charge in [0, 0.05) is 22.2 Å². The topological polar surface area (TPSA) is 3.24 Å². The van der Waals surface area contributed by atoms with Crippen LogP contribution in [-0.2, 0) is 5.41 Å².